The molecule has 2 unspecified atom stereocenters. The maximum atomic E-state index is 12.7. The summed E-state index contributed by atoms with van der Waals surface area (Å²) < 4.78 is 24.2. The summed E-state index contributed by atoms with van der Waals surface area (Å²) in [5, 5.41) is 20.0. The van der Waals surface area contributed by atoms with E-state index < -0.39 is 40.8 Å². The van der Waals surface area contributed by atoms with Crippen molar-refractivity contribution in [1.82, 2.24) is 4.98 Å². The van der Waals surface area contributed by atoms with Gasteiger partial charge in [-0.2, -0.15) is 0 Å². The number of carboxylic acids is 1. The van der Waals surface area contributed by atoms with Crippen LogP contribution in [0.5, 0.6) is 5.75 Å². The molecule has 0 spiro atoms. The molecule has 1 heterocycles. The van der Waals surface area contributed by atoms with Crippen molar-refractivity contribution in [2.45, 2.75) is 21.4 Å². The number of carbonyl (C=O) groups is 2. The average molecular weight is 461 g/mol. The molecule has 144 valence electrons. The van der Waals surface area contributed by atoms with Gasteiger partial charge in [-0.15, -0.1) is 0 Å². The van der Waals surface area contributed by atoms with Gasteiger partial charge in [-0.05, 0) is 0 Å². The van der Waals surface area contributed by atoms with E-state index in [1.54, 1.807) is 18.2 Å². The molecule has 0 fully saturated rings. The molecule has 0 saturated heterocycles. The van der Waals surface area contributed by atoms with Gasteiger partial charge in [0.2, 0.25) is 0 Å². The first kappa shape index (κ1) is 20.0. The van der Waals surface area contributed by atoms with Crippen LogP contribution in [-0.2, 0) is 14.6 Å². The van der Waals surface area contributed by atoms with Crippen LogP contribution in [0.25, 0.3) is 10.8 Å². The van der Waals surface area contributed by atoms with Gasteiger partial charge in [0.1, 0.15) is 0 Å². The number of fused-ring (bicyclic) bond motifs is 1. The number of pyridine rings is 1. The van der Waals surface area contributed by atoms with Crippen LogP contribution in [0, 0.1) is 0 Å². The van der Waals surface area contributed by atoms with Gasteiger partial charge in [0, 0.05) is 0 Å². The molecular weight excluding hydrogens is 445 g/mol. The fourth-order valence-electron chi connectivity index (χ4n) is 2.58. The van der Waals surface area contributed by atoms with E-state index >= 15 is 0 Å². The quantitative estimate of drug-likeness (QED) is 0.540. The Balaban J connectivity index is 2.02. The Morgan fingerprint density at radius 2 is 1.75 bits per heavy atom. The predicted molar refractivity (Wildman–Crippen MR) is 104 cm³/mol. The van der Waals surface area contributed by atoms with Crippen LogP contribution in [0.3, 0.4) is 0 Å². The number of nitrogens with zero attached hydrogens (tertiary/aromatic N) is 1. The van der Waals surface area contributed by atoms with E-state index in [1.165, 1.54) is 43.5 Å². The number of carbonyl (C=O) groups excluding carboxylic acids is 1. The Morgan fingerprint density at radius 1 is 1.07 bits per heavy atom. The van der Waals surface area contributed by atoms with Crippen molar-refractivity contribution in [2.24, 2.45) is 0 Å². The van der Waals surface area contributed by atoms with Crippen molar-refractivity contribution < 1.29 is 28.2 Å². The molecule has 2 aromatic carbocycles. The molecule has 9 heteroatoms. The molecule has 0 saturated carbocycles. The number of sulfone groups is 1. The first-order chi connectivity index (χ1) is 13.2. The summed E-state index contributed by atoms with van der Waals surface area (Å²) in [6, 6.07) is 12.1. The van der Waals surface area contributed by atoms with Crippen LogP contribution in [0.15, 0.2) is 64.5 Å². The molecule has 3 aromatic rings. The topological polar surface area (TPSA) is 122 Å². The zero-order valence-electron chi connectivity index (χ0n) is 14.7. The number of aromatic hydroxyl groups is 1. The monoisotopic (exact) mass is 461 g/mol. The van der Waals surface area contributed by atoms with Crippen LogP contribution in [0.1, 0.15) is 17.4 Å². The van der Waals surface area contributed by atoms with Gasteiger partial charge >= 0.3 is 168 Å². The summed E-state index contributed by atoms with van der Waals surface area (Å²) in [5.74, 6) is -1.43. The maximum absolute atomic E-state index is 12.7. The molecule has 0 radical (unpaired) electrons. The average Bonchev–Trinajstić information content (AvgIpc) is 2.68. The van der Waals surface area contributed by atoms with Crippen LogP contribution >= 0.6 is 0 Å². The number of benzene rings is 2. The number of carboxylic acid groups (broad SMARTS) is 1. The molecule has 2 N–H and O–H groups in total. The number of aliphatic carboxylic acids is 1. The molecule has 0 aliphatic carbocycles. The minimum atomic E-state index is -3.73. The second kappa shape index (κ2) is 7.73. The van der Waals surface area contributed by atoms with Crippen LogP contribution < -0.4 is 0 Å². The second-order valence-corrected chi connectivity index (χ2v) is 11.4. The van der Waals surface area contributed by atoms with E-state index in [1.807, 2.05) is 0 Å². The van der Waals surface area contributed by atoms with Gasteiger partial charge in [-0.3, -0.25) is 0 Å². The number of hydrogen-bond donors (Lipinski definition) is 2. The Labute approximate surface area is 167 Å². The van der Waals surface area contributed by atoms with Gasteiger partial charge < -0.3 is 0 Å². The molecule has 28 heavy (non-hydrogen) atoms. The minimum absolute atomic E-state index is 0.0411. The standard InChI is InChI=1S/C19H16AsNO6S/c1-11(19(24)25)20-18(23)16-17(22)15-8-7-14(9-12(15)10-21-16)28(26,27)13-5-3-2-4-6-13/h2-11,20,22H,1H3,(H,24,25). The van der Waals surface area contributed by atoms with E-state index in [9.17, 15) is 23.1 Å². The Bertz CT molecular complexity index is 1180. The van der Waals surface area contributed by atoms with Crippen LogP contribution in [0.4, 0.5) is 0 Å². The molecule has 1 aromatic heterocycles. The molecule has 0 amide bonds. The van der Waals surface area contributed by atoms with Crippen LogP contribution in [-0.4, -0.2) is 49.9 Å². The van der Waals surface area contributed by atoms with Crippen molar-refractivity contribution in [3.63, 3.8) is 0 Å². The second-order valence-electron chi connectivity index (χ2n) is 6.05. The molecule has 0 aliphatic rings. The fraction of sp³-hybridized carbons (Fsp3) is 0.105. The Morgan fingerprint density at radius 3 is 2.39 bits per heavy atom. The third kappa shape index (κ3) is 3.79. The van der Waals surface area contributed by atoms with Crippen molar-refractivity contribution in [3.05, 3.63) is 60.4 Å². The first-order valence-electron chi connectivity index (χ1n) is 8.17. The molecule has 0 bridgehead atoms. The third-order valence-corrected chi connectivity index (χ3v) is 8.37. The molecule has 0 aliphatic heterocycles. The normalized spacial score (nSPS) is 13.0. The molecule has 3 rings (SSSR count). The summed E-state index contributed by atoms with van der Waals surface area (Å²) in [6.45, 7) is 1.44. The van der Waals surface area contributed by atoms with Gasteiger partial charge in [-0.25, -0.2) is 0 Å². The zero-order valence-corrected chi connectivity index (χ0v) is 17.6. The van der Waals surface area contributed by atoms with E-state index in [0.717, 1.165) is 0 Å². The zero-order chi connectivity index (χ0) is 20.5. The molecule has 7 nitrogen and oxygen atoms in total. The summed E-state index contributed by atoms with van der Waals surface area (Å²) in [6.07, 6.45) is 1.31. The SMILES string of the molecule is CC([AsH]C(=O)c1ncc2cc(S(=O)(=O)c3ccccc3)ccc2c1O)C(=O)O. The van der Waals surface area contributed by atoms with Crippen molar-refractivity contribution >= 4 is 46.9 Å². The number of aromatic nitrogens is 1. The first-order valence-corrected chi connectivity index (χ1v) is 11.9. The van der Waals surface area contributed by atoms with Crippen molar-refractivity contribution in [1.29, 1.82) is 0 Å². The van der Waals surface area contributed by atoms with Crippen molar-refractivity contribution in [2.75, 3.05) is 0 Å². The predicted octanol–water partition coefficient (Wildman–Crippen LogP) is 2.24. The van der Waals surface area contributed by atoms with Crippen molar-refractivity contribution in [3.8, 4) is 5.75 Å². The Kier molecular flexibility index (Phi) is 5.54. The van der Waals surface area contributed by atoms with Gasteiger partial charge in [0.15, 0.2) is 0 Å². The van der Waals surface area contributed by atoms with E-state index in [4.69, 9.17) is 5.11 Å². The Hall–Kier alpha value is -2.70. The van der Waals surface area contributed by atoms with Gasteiger partial charge in [-0.1, -0.05) is 0 Å². The number of rotatable bonds is 6. The third-order valence-electron chi connectivity index (χ3n) is 4.13. The summed E-state index contributed by atoms with van der Waals surface area (Å²) in [5.41, 5.74) is -0.181. The summed E-state index contributed by atoms with van der Waals surface area (Å²) in [7, 11) is -3.73. The molecular formula is C19H16AsNO6S. The van der Waals surface area contributed by atoms with E-state index in [0.29, 0.717) is 5.39 Å². The van der Waals surface area contributed by atoms with Gasteiger partial charge in [0.25, 0.3) is 0 Å². The van der Waals surface area contributed by atoms with E-state index in [-0.39, 0.29) is 26.6 Å². The summed E-state index contributed by atoms with van der Waals surface area (Å²) >= 11 is -1.56. The van der Waals surface area contributed by atoms with Crippen LogP contribution in [0.2, 0.25) is 4.71 Å². The molecule has 2 atom stereocenters. The fourth-order valence-corrected chi connectivity index (χ4v) is 5.65. The summed E-state index contributed by atoms with van der Waals surface area (Å²) in [4.78, 5) is 27.4. The van der Waals surface area contributed by atoms with Gasteiger partial charge in [0.05, 0.1) is 0 Å². The van der Waals surface area contributed by atoms with E-state index in [2.05, 4.69) is 4.98 Å². The number of hydrogen-bond acceptors (Lipinski definition) is 6.